The highest BCUT2D eigenvalue weighted by atomic mass is 16.3. The van der Waals surface area contributed by atoms with Crippen LogP contribution in [0.1, 0.15) is 223 Å². The number of carbonyl (C=O) groups excluding carboxylic acids is 1. The average Bonchev–Trinajstić information content (AvgIpc) is 3.72. The van der Waals surface area contributed by atoms with Gasteiger partial charge in [-0.3, -0.25) is 4.79 Å². The minimum atomic E-state index is -1.44. The van der Waals surface area contributed by atoms with Gasteiger partial charge in [-0.05, 0) is 209 Å². The molecule has 0 saturated heterocycles. The molecule has 18 atom stereocenters. The molecule has 0 aromatic rings. The summed E-state index contributed by atoms with van der Waals surface area (Å²) in [6.07, 6.45) is 28.6. The van der Waals surface area contributed by atoms with E-state index in [-0.39, 0.29) is 5.78 Å². The average molecular weight is 803 g/mol. The summed E-state index contributed by atoms with van der Waals surface area (Å²) in [4.78, 5) is 16.1. The van der Waals surface area contributed by atoms with Gasteiger partial charge in [0.15, 0.2) is 5.78 Å². The summed E-state index contributed by atoms with van der Waals surface area (Å²) in [6.45, 7) is 24.8. The standard InChI is InChI=1S/C55H94O3/c1-35(2)15-11-17-37(5)43-25-27-45-41-23-21-39-19-13-31-54(57,52(39,9)47(41)29-33-50(43,45)7)49(56)55(58)32-14-20-40-22-24-42-46-28-26-44(38(6)18-12-16-36(3)4)51(46,8)34-30-48(42)53(40,55)10/h35-48,57-58H,11-34H2,1-10H3/t37-,38-,39?,40?,41+,42+,43-,44-,45+,46+,47+,48+,50-,51-,52+,53+,54?,55?/m1/s1. The summed E-state index contributed by atoms with van der Waals surface area (Å²) in [6, 6.07) is 0. The molecule has 8 fully saturated rings. The van der Waals surface area contributed by atoms with Crippen molar-refractivity contribution in [1.82, 2.24) is 0 Å². The van der Waals surface area contributed by atoms with Gasteiger partial charge in [0.1, 0.15) is 11.2 Å². The molecule has 8 aliphatic rings. The lowest BCUT2D eigenvalue weighted by molar-refractivity contribution is -0.252. The first-order valence-corrected chi connectivity index (χ1v) is 26.4. The van der Waals surface area contributed by atoms with E-state index in [4.69, 9.17) is 0 Å². The predicted octanol–water partition coefficient (Wildman–Crippen LogP) is 14.3. The van der Waals surface area contributed by atoms with Gasteiger partial charge < -0.3 is 10.2 Å². The van der Waals surface area contributed by atoms with E-state index >= 15 is 4.79 Å². The Balaban J connectivity index is 1.06. The van der Waals surface area contributed by atoms with Crippen molar-refractivity contribution in [3.63, 3.8) is 0 Å². The van der Waals surface area contributed by atoms with Gasteiger partial charge in [-0.25, -0.2) is 0 Å². The molecule has 0 spiro atoms. The second kappa shape index (κ2) is 16.0. The molecular weight excluding hydrogens is 709 g/mol. The highest BCUT2D eigenvalue weighted by molar-refractivity contribution is 5.96. The third kappa shape index (κ3) is 6.50. The Hall–Kier alpha value is -0.410. The number of hydrogen-bond acceptors (Lipinski definition) is 3. The molecule has 0 radical (unpaired) electrons. The lowest BCUT2D eigenvalue weighted by Gasteiger charge is -2.68. The topological polar surface area (TPSA) is 57.5 Å². The van der Waals surface area contributed by atoms with Crippen molar-refractivity contribution in [2.24, 2.45) is 105 Å². The maximum atomic E-state index is 16.1. The van der Waals surface area contributed by atoms with Crippen LogP contribution in [0.15, 0.2) is 0 Å². The zero-order valence-corrected chi connectivity index (χ0v) is 39.9. The molecular formula is C55H94O3. The SMILES string of the molecule is CC(C)CCC[C@@H](C)[C@H]1CC[C@H]2[C@@H]3CCC4CCCC(O)(C(=O)C5(O)CCCC6CC[C@H]7[C@@H]8CC[C@H]([C@H](C)CCCC(C)C)[C@@]8(C)CC[C@@H]7[C@]65C)[C@]4(C)[C@H]3CC[C@]12C. The molecule has 332 valence electrons. The molecule has 0 aromatic carbocycles. The number of hydrogen-bond donors (Lipinski definition) is 2. The highest BCUT2D eigenvalue weighted by Crippen LogP contribution is 2.74. The molecule has 8 rings (SSSR count). The lowest BCUT2D eigenvalue weighted by Crippen LogP contribution is -2.74. The summed E-state index contributed by atoms with van der Waals surface area (Å²) in [5.41, 5.74) is -2.99. The monoisotopic (exact) mass is 803 g/mol. The number of fused-ring (bicyclic) bond motifs is 10. The molecule has 0 amide bonds. The Morgan fingerprint density at radius 2 is 0.879 bits per heavy atom. The molecule has 58 heavy (non-hydrogen) atoms. The van der Waals surface area contributed by atoms with Crippen molar-refractivity contribution >= 4 is 5.78 Å². The number of aliphatic hydroxyl groups is 2. The van der Waals surface area contributed by atoms with Crippen LogP contribution in [0.25, 0.3) is 0 Å². The van der Waals surface area contributed by atoms with Crippen LogP contribution in [0.4, 0.5) is 0 Å². The van der Waals surface area contributed by atoms with Crippen molar-refractivity contribution < 1.29 is 15.0 Å². The molecule has 2 N–H and O–H groups in total. The summed E-state index contributed by atoms with van der Waals surface area (Å²) >= 11 is 0. The van der Waals surface area contributed by atoms with Gasteiger partial charge in [0, 0.05) is 10.8 Å². The number of ketones is 1. The Labute approximate surface area is 358 Å². The van der Waals surface area contributed by atoms with Gasteiger partial charge in [-0.2, -0.15) is 0 Å². The van der Waals surface area contributed by atoms with Crippen LogP contribution in [0, 0.1) is 105 Å². The van der Waals surface area contributed by atoms with E-state index in [1.165, 1.54) is 89.9 Å². The first-order valence-electron chi connectivity index (χ1n) is 26.4. The molecule has 0 aromatic heterocycles. The highest BCUT2D eigenvalue weighted by Gasteiger charge is 2.74. The fraction of sp³-hybridized carbons (Fsp3) is 0.982. The lowest BCUT2D eigenvalue weighted by atomic mass is 9.37. The van der Waals surface area contributed by atoms with E-state index in [0.717, 1.165) is 86.9 Å². The maximum absolute atomic E-state index is 16.1. The van der Waals surface area contributed by atoms with Crippen molar-refractivity contribution in [3.8, 4) is 0 Å². The second-order valence-electron chi connectivity index (χ2n) is 25.8. The third-order valence-electron chi connectivity index (χ3n) is 22.9. The number of carbonyl (C=O) groups is 1. The van der Waals surface area contributed by atoms with Crippen LogP contribution in [0.5, 0.6) is 0 Å². The van der Waals surface area contributed by atoms with Crippen LogP contribution in [-0.4, -0.2) is 27.2 Å². The third-order valence-corrected chi connectivity index (χ3v) is 22.9. The molecule has 3 heteroatoms. The smallest absolute Gasteiger partial charge is 0.196 e. The Kier molecular flexibility index (Phi) is 12.2. The zero-order valence-electron chi connectivity index (χ0n) is 39.9. The van der Waals surface area contributed by atoms with Crippen molar-refractivity contribution in [2.45, 2.75) is 235 Å². The first kappa shape index (κ1) is 44.2. The molecule has 4 unspecified atom stereocenters. The molecule has 8 saturated carbocycles. The summed E-state index contributed by atoms with van der Waals surface area (Å²) in [5.74, 6) is 8.85. The summed E-state index contributed by atoms with van der Waals surface area (Å²) < 4.78 is 0. The minimum Gasteiger partial charge on any atom is -0.381 e. The predicted molar refractivity (Wildman–Crippen MR) is 241 cm³/mol. The van der Waals surface area contributed by atoms with Crippen LogP contribution >= 0.6 is 0 Å². The Morgan fingerprint density at radius 3 is 1.26 bits per heavy atom. The van der Waals surface area contributed by atoms with Crippen molar-refractivity contribution in [2.75, 3.05) is 0 Å². The van der Waals surface area contributed by atoms with Gasteiger partial charge >= 0.3 is 0 Å². The van der Waals surface area contributed by atoms with E-state index in [2.05, 4.69) is 69.2 Å². The maximum Gasteiger partial charge on any atom is 0.196 e. The van der Waals surface area contributed by atoms with Gasteiger partial charge in [0.05, 0.1) is 0 Å². The molecule has 8 aliphatic carbocycles. The zero-order chi connectivity index (χ0) is 41.6. The Morgan fingerprint density at radius 1 is 0.483 bits per heavy atom. The van der Waals surface area contributed by atoms with Gasteiger partial charge in [0.25, 0.3) is 0 Å². The molecule has 0 bridgehead atoms. The van der Waals surface area contributed by atoms with E-state index in [0.29, 0.717) is 71.0 Å². The van der Waals surface area contributed by atoms with Crippen LogP contribution in [-0.2, 0) is 4.79 Å². The fourth-order valence-corrected chi connectivity index (χ4v) is 19.9. The van der Waals surface area contributed by atoms with Crippen molar-refractivity contribution in [3.05, 3.63) is 0 Å². The van der Waals surface area contributed by atoms with Crippen LogP contribution < -0.4 is 0 Å². The quantitative estimate of drug-likeness (QED) is 0.207. The Bertz CT molecular complexity index is 1360. The fourth-order valence-electron chi connectivity index (χ4n) is 19.9. The minimum absolute atomic E-state index is 0.0893. The van der Waals surface area contributed by atoms with Crippen molar-refractivity contribution in [1.29, 1.82) is 0 Å². The molecule has 0 aliphatic heterocycles. The van der Waals surface area contributed by atoms with Crippen LogP contribution in [0.3, 0.4) is 0 Å². The molecule has 0 heterocycles. The molecule has 3 nitrogen and oxygen atoms in total. The summed E-state index contributed by atoms with van der Waals surface area (Å²) in [7, 11) is 0. The van der Waals surface area contributed by atoms with E-state index < -0.39 is 22.0 Å². The first-order chi connectivity index (χ1) is 27.4. The van der Waals surface area contributed by atoms with Gasteiger partial charge in [-0.1, -0.05) is 108 Å². The van der Waals surface area contributed by atoms with E-state index in [9.17, 15) is 10.2 Å². The van der Waals surface area contributed by atoms with Crippen LogP contribution in [0.2, 0.25) is 0 Å². The van der Waals surface area contributed by atoms with E-state index in [1.807, 2.05) is 0 Å². The normalized spacial score (nSPS) is 50.9. The number of Topliss-reactive ketones (excluding diaryl/α,β-unsaturated/α-hetero) is 1. The van der Waals surface area contributed by atoms with E-state index in [1.54, 1.807) is 0 Å². The van der Waals surface area contributed by atoms with Gasteiger partial charge in [0.2, 0.25) is 0 Å². The second-order valence-corrected chi connectivity index (χ2v) is 25.8. The summed E-state index contributed by atoms with van der Waals surface area (Å²) in [5, 5.41) is 27.4. The number of rotatable bonds is 12. The van der Waals surface area contributed by atoms with Gasteiger partial charge in [-0.15, -0.1) is 0 Å². The largest absolute Gasteiger partial charge is 0.381 e.